The molecule has 0 aliphatic carbocycles. The molecule has 5 heteroatoms. The van der Waals surface area contributed by atoms with Gasteiger partial charge in [0.25, 0.3) is 0 Å². The SMILES string of the molecule is CCCn1ncc(Cl)c1C(NC)C1(C)CCCO1. The van der Waals surface area contributed by atoms with Gasteiger partial charge in [0.1, 0.15) is 0 Å². The fourth-order valence-corrected chi connectivity index (χ4v) is 3.06. The number of hydrogen-bond donors (Lipinski definition) is 1. The van der Waals surface area contributed by atoms with E-state index in [9.17, 15) is 0 Å². The monoisotopic (exact) mass is 271 g/mol. The maximum atomic E-state index is 6.32. The highest BCUT2D eigenvalue weighted by Gasteiger charge is 2.41. The van der Waals surface area contributed by atoms with Crippen LogP contribution in [0.2, 0.25) is 5.02 Å². The van der Waals surface area contributed by atoms with Crippen molar-refractivity contribution in [1.29, 1.82) is 0 Å². The van der Waals surface area contributed by atoms with E-state index in [1.54, 1.807) is 6.20 Å². The average molecular weight is 272 g/mol. The van der Waals surface area contributed by atoms with Gasteiger partial charge in [-0.1, -0.05) is 18.5 Å². The van der Waals surface area contributed by atoms with E-state index in [2.05, 4.69) is 24.3 Å². The molecule has 1 aromatic rings. The highest BCUT2D eigenvalue weighted by Crippen LogP contribution is 2.39. The first-order valence-electron chi connectivity index (χ1n) is 6.65. The Labute approximate surface area is 114 Å². The van der Waals surface area contributed by atoms with E-state index < -0.39 is 0 Å². The van der Waals surface area contributed by atoms with Crippen molar-refractivity contribution in [2.75, 3.05) is 13.7 Å². The molecular weight excluding hydrogens is 250 g/mol. The molecule has 2 rings (SSSR count). The van der Waals surface area contributed by atoms with Crippen LogP contribution in [0, 0.1) is 0 Å². The van der Waals surface area contributed by atoms with E-state index in [-0.39, 0.29) is 11.6 Å². The van der Waals surface area contributed by atoms with Gasteiger partial charge in [0.2, 0.25) is 0 Å². The predicted octanol–water partition coefficient (Wildman–Crippen LogP) is 2.78. The zero-order chi connectivity index (χ0) is 13.2. The van der Waals surface area contributed by atoms with Crippen LogP contribution in [-0.2, 0) is 11.3 Å². The Morgan fingerprint density at radius 1 is 1.67 bits per heavy atom. The maximum absolute atomic E-state index is 6.32. The molecule has 2 atom stereocenters. The molecule has 1 N–H and O–H groups in total. The van der Waals surface area contributed by atoms with E-state index in [4.69, 9.17) is 16.3 Å². The first-order valence-corrected chi connectivity index (χ1v) is 7.02. The summed E-state index contributed by atoms with van der Waals surface area (Å²) in [7, 11) is 1.96. The third kappa shape index (κ3) is 2.42. The summed E-state index contributed by atoms with van der Waals surface area (Å²) in [6.45, 7) is 6.01. The third-order valence-corrected chi connectivity index (χ3v) is 3.98. The number of rotatable bonds is 5. The molecule has 18 heavy (non-hydrogen) atoms. The van der Waals surface area contributed by atoms with Gasteiger partial charge in [-0.3, -0.25) is 4.68 Å². The Morgan fingerprint density at radius 2 is 2.44 bits per heavy atom. The number of likely N-dealkylation sites (N-methyl/N-ethyl adjacent to an activating group) is 1. The number of nitrogens with one attached hydrogen (secondary N) is 1. The van der Waals surface area contributed by atoms with E-state index in [0.29, 0.717) is 0 Å². The lowest BCUT2D eigenvalue weighted by atomic mass is 9.90. The first-order chi connectivity index (χ1) is 8.62. The molecule has 0 saturated carbocycles. The molecule has 2 unspecified atom stereocenters. The number of nitrogens with zero attached hydrogens (tertiary/aromatic N) is 2. The Kier molecular flexibility index (Phi) is 4.30. The molecule has 1 saturated heterocycles. The Morgan fingerprint density at radius 3 is 3.00 bits per heavy atom. The van der Waals surface area contributed by atoms with Crippen LogP contribution in [0.4, 0.5) is 0 Å². The first kappa shape index (κ1) is 13.8. The molecule has 0 bridgehead atoms. The van der Waals surface area contributed by atoms with Gasteiger partial charge >= 0.3 is 0 Å². The van der Waals surface area contributed by atoms with Crippen molar-refractivity contribution in [3.05, 3.63) is 16.9 Å². The number of ether oxygens (including phenoxy) is 1. The largest absolute Gasteiger partial charge is 0.373 e. The van der Waals surface area contributed by atoms with Crippen LogP contribution in [0.25, 0.3) is 0 Å². The Bertz CT molecular complexity index is 399. The van der Waals surface area contributed by atoms with Gasteiger partial charge in [-0.05, 0) is 33.2 Å². The highest BCUT2D eigenvalue weighted by molar-refractivity contribution is 6.31. The average Bonchev–Trinajstić information content (AvgIpc) is 2.92. The number of hydrogen-bond acceptors (Lipinski definition) is 3. The summed E-state index contributed by atoms with van der Waals surface area (Å²) in [6.07, 6.45) is 4.93. The molecule has 1 aromatic heterocycles. The molecule has 1 fully saturated rings. The van der Waals surface area contributed by atoms with Crippen LogP contribution in [0.15, 0.2) is 6.20 Å². The van der Waals surface area contributed by atoms with Crippen LogP contribution in [0.5, 0.6) is 0 Å². The summed E-state index contributed by atoms with van der Waals surface area (Å²) in [5.74, 6) is 0. The van der Waals surface area contributed by atoms with Gasteiger partial charge in [0, 0.05) is 13.2 Å². The van der Waals surface area contributed by atoms with Gasteiger partial charge in [0.05, 0.1) is 28.6 Å². The van der Waals surface area contributed by atoms with Gasteiger partial charge in [-0.2, -0.15) is 5.10 Å². The summed E-state index contributed by atoms with van der Waals surface area (Å²) in [6, 6.07) is 0.0848. The topological polar surface area (TPSA) is 39.1 Å². The summed E-state index contributed by atoms with van der Waals surface area (Å²) in [5, 5.41) is 8.44. The molecular formula is C13H22ClN3O. The fourth-order valence-electron chi connectivity index (χ4n) is 2.81. The van der Waals surface area contributed by atoms with Crippen LogP contribution < -0.4 is 5.32 Å². The minimum atomic E-state index is -0.191. The van der Waals surface area contributed by atoms with Gasteiger partial charge in [-0.25, -0.2) is 0 Å². The zero-order valence-corrected chi connectivity index (χ0v) is 12.1. The number of aryl methyl sites for hydroxylation is 1. The van der Waals surface area contributed by atoms with Gasteiger partial charge < -0.3 is 10.1 Å². The number of aromatic nitrogens is 2. The molecule has 0 radical (unpaired) electrons. The van der Waals surface area contributed by atoms with Crippen LogP contribution >= 0.6 is 11.6 Å². The Hall–Kier alpha value is -0.580. The van der Waals surface area contributed by atoms with Crippen molar-refractivity contribution in [3.63, 3.8) is 0 Å². The minimum Gasteiger partial charge on any atom is -0.373 e. The van der Waals surface area contributed by atoms with Crippen molar-refractivity contribution in [1.82, 2.24) is 15.1 Å². The van der Waals surface area contributed by atoms with E-state index >= 15 is 0 Å². The predicted molar refractivity (Wildman–Crippen MR) is 72.9 cm³/mol. The Balaban J connectivity index is 2.34. The summed E-state index contributed by atoms with van der Waals surface area (Å²) < 4.78 is 7.94. The standard InChI is InChI=1S/C13H22ClN3O/c1-4-7-17-11(10(14)9-16-17)12(15-3)13(2)6-5-8-18-13/h9,12,15H,4-8H2,1-3H3. The van der Waals surface area contributed by atoms with Crippen molar-refractivity contribution >= 4 is 11.6 Å². The van der Waals surface area contributed by atoms with Crippen LogP contribution in [-0.4, -0.2) is 29.0 Å². The van der Waals surface area contributed by atoms with E-state index in [1.165, 1.54) is 0 Å². The van der Waals surface area contributed by atoms with Gasteiger partial charge in [0.15, 0.2) is 0 Å². The molecule has 0 spiro atoms. The van der Waals surface area contributed by atoms with Crippen LogP contribution in [0.1, 0.15) is 44.8 Å². The minimum absolute atomic E-state index is 0.0848. The molecule has 2 heterocycles. The van der Waals surface area contributed by atoms with Crippen molar-refractivity contribution in [2.45, 2.75) is 51.3 Å². The second kappa shape index (κ2) is 5.59. The summed E-state index contributed by atoms with van der Waals surface area (Å²) in [5.41, 5.74) is 0.856. The highest BCUT2D eigenvalue weighted by atomic mass is 35.5. The van der Waals surface area contributed by atoms with E-state index in [0.717, 1.165) is 43.1 Å². The van der Waals surface area contributed by atoms with Crippen molar-refractivity contribution < 1.29 is 4.74 Å². The molecule has 1 aliphatic rings. The molecule has 4 nitrogen and oxygen atoms in total. The second-order valence-electron chi connectivity index (χ2n) is 5.09. The molecule has 102 valence electrons. The van der Waals surface area contributed by atoms with E-state index in [1.807, 2.05) is 11.7 Å². The number of halogens is 1. The molecule has 0 aromatic carbocycles. The lowest BCUT2D eigenvalue weighted by molar-refractivity contribution is -0.0127. The molecule has 1 aliphatic heterocycles. The van der Waals surface area contributed by atoms with Crippen LogP contribution in [0.3, 0.4) is 0 Å². The maximum Gasteiger partial charge on any atom is 0.0864 e. The zero-order valence-electron chi connectivity index (χ0n) is 11.4. The fraction of sp³-hybridized carbons (Fsp3) is 0.769. The molecule has 0 amide bonds. The smallest absolute Gasteiger partial charge is 0.0864 e. The van der Waals surface area contributed by atoms with Gasteiger partial charge in [-0.15, -0.1) is 0 Å². The summed E-state index contributed by atoms with van der Waals surface area (Å²) >= 11 is 6.32. The second-order valence-corrected chi connectivity index (χ2v) is 5.49. The normalized spacial score (nSPS) is 25.6. The third-order valence-electron chi connectivity index (χ3n) is 3.69. The summed E-state index contributed by atoms with van der Waals surface area (Å²) in [4.78, 5) is 0. The lowest BCUT2D eigenvalue weighted by Crippen LogP contribution is -2.41. The lowest BCUT2D eigenvalue weighted by Gasteiger charge is -2.33. The van der Waals surface area contributed by atoms with Crippen molar-refractivity contribution in [2.24, 2.45) is 0 Å². The van der Waals surface area contributed by atoms with Crippen molar-refractivity contribution in [3.8, 4) is 0 Å². The quantitative estimate of drug-likeness (QED) is 0.895.